The third kappa shape index (κ3) is 1.03. The van der Waals surface area contributed by atoms with Crippen LogP contribution in [-0.2, 0) is 0 Å². The van der Waals surface area contributed by atoms with E-state index in [1.54, 1.807) is 12.3 Å². The minimum Gasteiger partial charge on any atom is -0.298 e. The first-order valence-corrected chi connectivity index (χ1v) is 4.47. The number of rotatable bonds is 1. The van der Waals surface area contributed by atoms with Crippen LogP contribution in [0.4, 0.5) is 0 Å². The molecule has 0 atom stereocenters. The monoisotopic (exact) mass is 272 g/mol. The highest BCUT2D eigenvalue weighted by molar-refractivity contribution is 14.1. The molecule has 0 saturated heterocycles. The average molecular weight is 272 g/mol. The molecule has 0 N–H and O–H groups in total. The van der Waals surface area contributed by atoms with Crippen LogP contribution in [0, 0.1) is 3.70 Å². The quantitative estimate of drug-likeness (QED) is 0.585. The fourth-order valence-corrected chi connectivity index (χ4v) is 1.62. The SMILES string of the molecule is O=Cc1cccn2c(I)cnc12. The summed E-state index contributed by atoms with van der Waals surface area (Å²) in [6.07, 6.45) is 4.44. The van der Waals surface area contributed by atoms with E-state index < -0.39 is 0 Å². The Morgan fingerprint density at radius 2 is 2.42 bits per heavy atom. The first kappa shape index (κ1) is 7.72. The smallest absolute Gasteiger partial charge is 0.153 e. The Labute approximate surface area is 82.6 Å². The minimum atomic E-state index is 0.625. The Morgan fingerprint density at radius 3 is 3.17 bits per heavy atom. The second kappa shape index (κ2) is 2.85. The lowest BCUT2D eigenvalue weighted by atomic mass is 10.3. The lowest BCUT2D eigenvalue weighted by Crippen LogP contribution is -1.90. The highest BCUT2D eigenvalue weighted by atomic mass is 127. The molecule has 0 aliphatic carbocycles. The number of pyridine rings is 1. The number of aldehydes is 1. The van der Waals surface area contributed by atoms with Gasteiger partial charge in [0.05, 0.1) is 11.8 Å². The van der Waals surface area contributed by atoms with Gasteiger partial charge in [0.2, 0.25) is 0 Å². The largest absolute Gasteiger partial charge is 0.298 e. The van der Waals surface area contributed by atoms with E-state index in [1.807, 2.05) is 16.7 Å². The lowest BCUT2D eigenvalue weighted by molar-refractivity contribution is 0.112. The zero-order valence-electron chi connectivity index (χ0n) is 6.07. The van der Waals surface area contributed by atoms with Gasteiger partial charge in [-0.2, -0.15) is 0 Å². The van der Waals surface area contributed by atoms with Gasteiger partial charge in [-0.25, -0.2) is 4.98 Å². The zero-order valence-corrected chi connectivity index (χ0v) is 8.22. The maximum atomic E-state index is 10.6. The molecule has 2 aromatic rings. The number of nitrogens with zero attached hydrogens (tertiary/aromatic N) is 2. The first-order valence-electron chi connectivity index (χ1n) is 3.39. The maximum Gasteiger partial charge on any atom is 0.153 e. The summed E-state index contributed by atoms with van der Waals surface area (Å²) in [4.78, 5) is 14.7. The predicted molar refractivity (Wildman–Crippen MR) is 53.3 cm³/mol. The average Bonchev–Trinajstić information content (AvgIpc) is 2.48. The number of fused-ring (bicyclic) bond motifs is 1. The first-order chi connectivity index (χ1) is 5.83. The van der Waals surface area contributed by atoms with Crippen molar-refractivity contribution >= 4 is 34.5 Å². The van der Waals surface area contributed by atoms with Crippen molar-refractivity contribution < 1.29 is 4.79 Å². The van der Waals surface area contributed by atoms with E-state index in [9.17, 15) is 4.79 Å². The molecular weight excluding hydrogens is 267 g/mol. The summed E-state index contributed by atoms with van der Waals surface area (Å²) in [6.45, 7) is 0. The number of imidazole rings is 1. The molecule has 12 heavy (non-hydrogen) atoms. The zero-order chi connectivity index (χ0) is 8.55. The molecule has 0 bridgehead atoms. The van der Waals surface area contributed by atoms with Crippen molar-refractivity contribution in [3.8, 4) is 0 Å². The minimum absolute atomic E-state index is 0.625. The molecule has 2 aromatic heterocycles. The van der Waals surface area contributed by atoms with Gasteiger partial charge in [-0.3, -0.25) is 9.20 Å². The molecule has 0 aliphatic rings. The van der Waals surface area contributed by atoms with Gasteiger partial charge in [0.25, 0.3) is 0 Å². The number of carbonyl (C=O) groups is 1. The van der Waals surface area contributed by atoms with Gasteiger partial charge in [-0.05, 0) is 34.7 Å². The van der Waals surface area contributed by atoms with Crippen molar-refractivity contribution in [2.45, 2.75) is 0 Å². The standard InChI is InChI=1S/C8H5IN2O/c9-7-4-10-8-6(5-12)2-1-3-11(7)8/h1-5H. The van der Waals surface area contributed by atoms with E-state index in [4.69, 9.17) is 0 Å². The van der Waals surface area contributed by atoms with E-state index in [0.29, 0.717) is 5.56 Å². The van der Waals surface area contributed by atoms with Gasteiger partial charge >= 0.3 is 0 Å². The topological polar surface area (TPSA) is 34.4 Å². The molecular formula is C8H5IN2O. The molecule has 3 nitrogen and oxygen atoms in total. The molecule has 0 aromatic carbocycles. The van der Waals surface area contributed by atoms with Crippen LogP contribution in [0.15, 0.2) is 24.5 Å². The summed E-state index contributed by atoms with van der Waals surface area (Å²) in [7, 11) is 0. The molecule has 2 heterocycles. The Balaban J connectivity index is 2.89. The molecule has 0 spiro atoms. The van der Waals surface area contributed by atoms with Crippen LogP contribution in [0.1, 0.15) is 10.4 Å². The number of halogens is 1. The molecule has 0 aliphatic heterocycles. The van der Waals surface area contributed by atoms with Gasteiger partial charge in [0, 0.05) is 6.20 Å². The predicted octanol–water partition coefficient (Wildman–Crippen LogP) is 1.75. The molecule has 60 valence electrons. The fourth-order valence-electron chi connectivity index (χ4n) is 1.09. The molecule has 4 heteroatoms. The summed E-state index contributed by atoms with van der Waals surface area (Å²) in [6, 6.07) is 3.59. The summed E-state index contributed by atoms with van der Waals surface area (Å²) in [5.74, 6) is 0. The third-order valence-corrected chi connectivity index (χ3v) is 2.45. The maximum absolute atomic E-state index is 10.6. The third-order valence-electron chi connectivity index (χ3n) is 1.65. The number of hydrogen-bond acceptors (Lipinski definition) is 2. The Morgan fingerprint density at radius 1 is 1.58 bits per heavy atom. The summed E-state index contributed by atoms with van der Waals surface area (Å²) in [5, 5.41) is 0. The second-order valence-electron chi connectivity index (χ2n) is 2.36. The van der Waals surface area contributed by atoms with Crippen LogP contribution in [0.3, 0.4) is 0 Å². The van der Waals surface area contributed by atoms with Crippen molar-refractivity contribution in [3.63, 3.8) is 0 Å². The second-order valence-corrected chi connectivity index (χ2v) is 3.46. The van der Waals surface area contributed by atoms with E-state index in [2.05, 4.69) is 27.6 Å². The van der Waals surface area contributed by atoms with Crippen LogP contribution >= 0.6 is 22.6 Å². The van der Waals surface area contributed by atoms with Crippen molar-refractivity contribution in [2.75, 3.05) is 0 Å². The highest BCUT2D eigenvalue weighted by Gasteiger charge is 2.02. The Kier molecular flexibility index (Phi) is 1.84. The van der Waals surface area contributed by atoms with Crippen LogP contribution in [-0.4, -0.2) is 15.7 Å². The Hall–Kier alpha value is -0.910. The molecule has 2 rings (SSSR count). The van der Waals surface area contributed by atoms with Crippen molar-refractivity contribution in [3.05, 3.63) is 33.8 Å². The van der Waals surface area contributed by atoms with Gasteiger partial charge in [0.15, 0.2) is 6.29 Å². The van der Waals surface area contributed by atoms with Crippen molar-refractivity contribution in [1.82, 2.24) is 9.38 Å². The lowest BCUT2D eigenvalue weighted by Gasteiger charge is -1.95. The van der Waals surface area contributed by atoms with Crippen LogP contribution in [0.2, 0.25) is 0 Å². The summed E-state index contributed by atoms with van der Waals surface area (Å²) < 4.78 is 2.89. The van der Waals surface area contributed by atoms with Crippen molar-refractivity contribution in [1.29, 1.82) is 0 Å². The summed E-state index contributed by atoms with van der Waals surface area (Å²) >= 11 is 2.17. The van der Waals surface area contributed by atoms with Gasteiger partial charge in [-0.15, -0.1) is 0 Å². The van der Waals surface area contributed by atoms with Gasteiger partial charge < -0.3 is 0 Å². The van der Waals surface area contributed by atoms with E-state index in [1.165, 1.54) is 0 Å². The molecule has 0 amide bonds. The van der Waals surface area contributed by atoms with E-state index in [-0.39, 0.29) is 0 Å². The number of carbonyl (C=O) groups excluding carboxylic acids is 1. The molecule has 0 radical (unpaired) electrons. The van der Waals surface area contributed by atoms with Gasteiger partial charge in [-0.1, -0.05) is 0 Å². The van der Waals surface area contributed by atoms with Crippen molar-refractivity contribution in [2.24, 2.45) is 0 Å². The van der Waals surface area contributed by atoms with Crippen LogP contribution in [0.5, 0.6) is 0 Å². The van der Waals surface area contributed by atoms with Crippen LogP contribution in [0.25, 0.3) is 5.65 Å². The Bertz CT molecular complexity index is 436. The molecule has 0 fully saturated rings. The summed E-state index contributed by atoms with van der Waals surface area (Å²) in [5.41, 5.74) is 1.34. The van der Waals surface area contributed by atoms with E-state index >= 15 is 0 Å². The number of aromatic nitrogens is 2. The molecule has 0 saturated carbocycles. The van der Waals surface area contributed by atoms with Crippen LogP contribution < -0.4 is 0 Å². The highest BCUT2D eigenvalue weighted by Crippen LogP contribution is 2.11. The fraction of sp³-hybridized carbons (Fsp3) is 0. The number of hydrogen-bond donors (Lipinski definition) is 0. The van der Waals surface area contributed by atoms with E-state index in [0.717, 1.165) is 15.6 Å². The molecule has 0 unspecified atom stereocenters. The normalized spacial score (nSPS) is 10.4. The van der Waals surface area contributed by atoms with Gasteiger partial charge in [0.1, 0.15) is 9.35 Å².